The van der Waals surface area contributed by atoms with Gasteiger partial charge in [-0.2, -0.15) is 5.10 Å². The SMILES string of the molecule is O=C(Nc1cc(C(=O)NC2CCOC2C(=O)O)[nH]n1)OCC1c2ccccc2-c2ccccc21. The maximum absolute atomic E-state index is 12.4. The Morgan fingerprint density at radius 3 is 2.44 bits per heavy atom. The van der Waals surface area contributed by atoms with Crippen molar-refractivity contribution >= 4 is 23.8 Å². The van der Waals surface area contributed by atoms with Crippen molar-refractivity contribution < 1.29 is 29.0 Å². The standard InChI is InChI=1S/C24H22N4O6/c29-22(25-18-9-10-33-21(18)23(30)31)19-11-20(28-27-19)26-24(32)34-12-17-15-7-3-1-5-13(15)14-6-2-4-8-16(14)17/h1-8,11,17-18,21H,9-10,12H2,(H,25,29)(H,30,31)(H2,26,27,28,32). The van der Waals surface area contributed by atoms with Gasteiger partial charge in [0, 0.05) is 18.6 Å². The number of amides is 2. The molecule has 1 aromatic heterocycles. The molecule has 0 saturated carbocycles. The van der Waals surface area contributed by atoms with Crippen LogP contribution in [0.15, 0.2) is 54.6 Å². The zero-order valence-corrected chi connectivity index (χ0v) is 18.0. The van der Waals surface area contributed by atoms with E-state index in [0.29, 0.717) is 6.42 Å². The van der Waals surface area contributed by atoms with Crippen molar-refractivity contribution in [3.05, 3.63) is 71.4 Å². The molecule has 2 amide bonds. The van der Waals surface area contributed by atoms with Crippen LogP contribution >= 0.6 is 0 Å². The third-order valence-electron chi connectivity index (χ3n) is 6.05. The molecule has 4 N–H and O–H groups in total. The van der Waals surface area contributed by atoms with E-state index in [0.717, 1.165) is 22.3 Å². The fourth-order valence-electron chi connectivity index (χ4n) is 4.47. The van der Waals surface area contributed by atoms with Crippen LogP contribution in [0.1, 0.15) is 34.0 Å². The number of carbonyl (C=O) groups is 3. The minimum absolute atomic E-state index is 0.0741. The monoisotopic (exact) mass is 462 g/mol. The summed E-state index contributed by atoms with van der Waals surface area (Å²) in [5, 5.41) is 20.7. The number of anilines is 1. The zero-order chi connectivity index (χ0) is 23.7. The van der Waals surface area contributed by atoms with Crippen molar-refractivity contribution in [1.29, 1.82) is 0 Å². The van der Waals surface area contributed by atoms with Gasteiger partial charge in [0.25, 0.3) is 5.91 Å². The van der Waals surface area contributed by atoms with Gasteiger partial charge in [-0.25, -0.2) is 9.59 Å². The lowest BCUT2D eigenvalue weighted by Crippen LogP contribution is -2.44. The first kappa shape index (κ1) is 21.7. The number of rotatable bonds is 6. The summed E-state index contributed by atoms with van der Waals surface area (Å²) in [5.74, 6) is -1.64. The summed E-state index contributed by atoms with van der Waals surface area (Å²) in [6.07, 6.45) is -1.40. The highest BCUT2D eigenvalue weighted by Gasteiger charge is 2.35. The topological polar surface area (TPSA) is 143 Å². The maximum Gasteiger partial charge on any atom is 0.412 e. The van der Waals surface area contributed by atoms with Crippen molar-refractivity contribution in [2.24, 2.45) is 0 Å². The first-order valence-corrected chi connectivity index (χ1v) is 10.8. The third kappa shape index (κ3) is 4.11. The molecule has 0 bridgehead atoms. The highest BCUT2D eigenvalue weighted by atomic mass is 16.5. The molecule has 2 aliphatic rings. The molecule has 5 rings (SSSR count). The summed E-state index contributed by atoms with van der Waals surface area (Å²) in [5.41, 5.74) is 4.54. The Bertz CT molecular complexity index is 1210. The molecule has 1 fully saturated rings. The van der Waals surface area contributed by atoms with Crippen LogP contribution in [0.25, 0.3) is 11.1 Å². The van der Waals surface area contributed by atoms with E-state index < -0.39 is 30.1 Å². The van der Waals surface area contributed by atoms with Crippen LogP contribution in [0, 0.1) is 0 Å². The third-order valence-corrected chi connectivity index (χ3v) is 6.05. The van der Waals surface area contributed by atoms with Crippen molar-refractivity contribution in [2.75, 3.05) is 18.5 Å². The van der Waals surface area contributed by atoms with E-state index in [2.05, 4.69) is 33.0 Å². The Hall–Kier alpha value is -4.18. The Labute approximate surface area is 194 Å². The number of H-pyrrole nitrogens is 1. The second-order valence-electron chi connectivity index (χ2n) is 8.12. The van der Waals surface area contributed by atoms with Crippen LogP contribution in [-0.2, 0) is 14.3 Å². The largest absolute Gasteiger partial charge is 0.479 e. The first-order valence-electron chi connectivity index (χ1n) is 10.8. The molecule has 34 heavy (non-hydrogen) atoms. The molecule has 2 atom stereocenters. The van der Waals surface area contributed by atoms with Crippen molar-refractivity contribution in [2.45, 2.75) is 24.5 Å². The number of aliphatic carboxylic acids is 1. The predicted molar refractivity (Wildman–Crippen MR) is 121 cm³/mol. The number of carboxylic acids is 1. The highest BCUT2D eigenvalue weighted by Crippen LogP contribution is 2.44. The Balaban J connectivity index is 1.19. The van der Waals surface area contributed by atoms with Gasteiger partial charge in [-0.1, -0.05) is 48.5 Å². The van der Waals surface area contributed by atoms with E-state index in [1.165, 1.54) is 6.07 Å². The van der Waals surface area contributed by atoms with Crippen molar-refractivity contribution in [1.82, 2.24) is 15.5 Å². The van der Waals surface area contributed by atoms with Crippen LogP contribution in [0.4, 0.5) is 10.6 Å². The van der Waals surface area contributed by atoms with Gasteiger partial charge in [0.1, 0.15) is 12.3 Å². The van der Waals surface area contributed by atoms with Crippen LogP contribution in [0.3, 0.4) is 0 Å². The molecule has 1 aliphatic carbocycles. The molecular formula is C24H22N4O6. The second kappa shape index (κ2) is 8.99. The summed E-state index contributed by atoms with van der Waals surface area (Å²) in [4.78, 5) is 36.0. The summed E-state index contributed by atoms with van der Waals surface area (Å²) in [6.45, 7) is 0.398. The smallest absolute Gasteiger partial charge is 0.412 e. The fraction of sp³-hybridized carbons (Fsp3) is 0.250. The zero-order valence-electron chi connectivity index (χ0n) is 18.0. The normalized spacial score (nSPS) is 18.7. The van der Waals surface area contributed by atoms with Gasteiger partial charge < -0.3 is 19.9 Å². The average molecular weight is 462 g/mol. The average Bonchev–Trinajstić information content (AvgIpc) is 3.56. The number of hydrogen-bond donors (Lipinski definition) is 4. The molecule has 174 valence electrons. The molecule has 0 spiro atoms. The van der Waals surface area contributed by atoms with E-state index in [1.807, 2.05) is 36.4 Å². The number of aromatic amines is 1. The number of nitrogens with zero attached hydrogens (tertiary/aromatic N) is 1. The molecule has 2 unspecified atom stereocenters. The molecule has 3 aromatic rings. The van der Waals surface area contributed by atoms with E-state index in [-0.39, 0.29) is 30.6 Å². The fourth-order valence-corrected chi connectivity index (χ4v) is 4.47. The predicted octanol–water partition coefficient (Wildman–Crippen LogP) is 2.74. The quantitative estimate of drug-likeness (QED) is 0.441. The van der Waals surface area contributed by atoms with Crippen LogP contribution < -0.4 is 10.6 Å². The number of carbonyl (C=O) groups excluding carboxylic acids is 2. The Morgan fingerprint density at radius 2 is 1.76 bits per heavy atom. The molecule has 2 aromatic carbocycles. The molecule has 1 aliphatic heterocycles. The van der Waals surface area contributed by atoms with E-state index in [9.17, 15) is 14.4 Å². The van der Waals surface area contributed by atoms with E-state index >= 15 is 0 Å². The number of hydrogen-bond acceptors (Lipinski definition) is 6. The number of fused-ring (bicyclic) bond motifs is 3. The minimum atomic E-state index is -1.13. The van der Waals surface area contributed by atoms with Gasteiger partial charge >= 0.3 is 12.1 Å². The number of benzene rings is 2. The van der Waals surface area contributed by atoms with Gasteiger partial charge in [0.2, 0.25) is 0 Å². The van der Waals surface area contributed by atoms with E-state index in [1.54, 1.807) is 0 Å². The number of ether oxygens (including phenoxy) is 2. The molecular weight excluding hydrogens is 440 g/mol. The van der Waals surface area contributed by atoms with E-state index in [4.69, 9.17) is 14.6 Å². The maximum atomic E-state index is 12.4. The van der Waals surface area contributed by atoms with Gasteiger partial charge in [0.15, 0.2) is 11.9 Å². The Kier molecular flexibility index (Phi) is 5.72. The molecule has 2 heterocycles. The number of nitrogens with one attached hydrogen (secondary N) is 3. The molecule has 10 nitrogen and oxygen atoms in total. The number of aromatic nitrogens is 2. The number of carboxylic acid groups (broad SMARTS) is 1. The lowest BCUT2D eigenvalue weighted by atomic mass is 9.98. The molecule has 1 saturated heterocycles. The lowest BCUT2D eigenvalue weighted by Gasteiger charge is -2.15. The van der Waals surface area contributed by atoms with Gasteiger partial charge in [-0.3, -0.25) is 15.2 Å². The lowest BCUT2D eigenvalue weighted by molar-refractivity contribution is -0.148. The molecule has 10 heteroatoms. The van der Waals surface area contributed by atoms with Crippen LogP contribution in [0.5, 0.6) is 0 Å². The Morgan fingerprint density at radius 1 is 1.09 bits per heavy atom. The summed E-state index contributed by atoms with van der Waals surface area (Å²) in [6, 6.07) is 16.8. The van der Waals surface area contributed by atoms with Crippen molar-refractivity contribution in [3.8, 4) is 11.1 Å². The van der Waals surface area contributed by atoms with Crippen molar-refractivity contribution in [3.63, 3.8) is 0 Å². The first-order chi connectivity index (χ1) is 16.5. The van der Waals surface area contributed by atoms with Crippen LogP contribution in [-0.4, -0.2) is 58.6 Å². The second-order valence-corrected chi connectivity index (χ2v) is 8.12. The summed E-state index contributed by atoms with van der Waals surface area (Å²) < 4.78 is 10.6. The summed E-state index contributed by atoms with van der Waals surface area (Å²) >= 11 is 0. The molecule has 0 radical (unpaired) electrons. The van der Waals surface area contributed by atoms with Gasteiger partial charge in [-0.15, -0.1) is 0 Å². The van der Waals surface area contributed by atoms with Gasteiger partial charge in [-0.05, 0) is 28.7 Å². The van der Waals surface area contributed by atoms with Gasteiger partial charge in [0.05, 0.1) is 6.04 Å². The minimum Gasteiger partial charge on any atom is -0.479 e. The van der Waals surface area contributed by atoms with Crippen LogP contribution in [0.2, 0.25) is 0 Å². The summed E-state index contributed by atoms with van der Waals surface area (Å²) in [7, 11) is 0. The highest BCUT2D eigenvalue weighted by molar-refractivity contribution is 5.94.